The molecule has 1 aliphatic rings. The van der Waals surface area contributed by atoms with Crippen molar-refractivity contribution in [3.63, 3.8) is 0 Å². The Hall–Kier alpha value is -2.87. The second kappa shape index (κ2) is 8.48. The topological polar surface area (TPSA) is 82.6 Å². The zero-order valence-corrected chi connectivity index (χ0v) is 15.1. The Balaban J connectivity index is 1.48. The van der Waals surface area contributed by atoms with Gasteiger partial charge in [0.25, 0.3) is 0 Å². The van der Waals surface area contributed by atoms with Crippen LogP contribution in [0.1, 0.15) is 5.56 Å². The molecule has 0 saturated carbocycles. The van der Waals surface area contributed by atoms with Crippen LogP contribution in [0.3, 0.4) is 0 Å². The van der Waals surface area contributed by atoms with Crippen LogP contribution in [-0.2, 0) is 11.3 Å². The first-order valence-corrected chi connectivity index (χ1v) is 8.58. The van der Waals surface area contributed by atoms with Gasteiger partial charge < -0.3 is 25.2 Å². The number of nitrogens with one attached hydrogen (secondary N) is 2. The number of amides is 2. The number of carbonyl (C=O) groups excluding carboxylic acids is 1. The molecule has 8 nitrogen and oxygen atoms in total. The van der Waals surface area contributed by atoms with Gasteiger partial charge in [0, 0.05) is 39.9 Å². The number of rotatable bonds is 5. The number of ether oxygens (including phenoxy) is 1. The molecular formula is C18H24N6O2. The summed E-state index contributed by atoms with van der Waals surface area (Å²) >= 11 is 0. The van der Waals surface area contributed by atoms with Crippen LogP contribution in [0.5, 0.6) is 0 Å². The summed E-state index contributed by atoms with van der Waals surface area (Å²) in [6, 6.07) is 7.35. The highest BCUT2D eigenvalue weighted by Gasteiger charge is 2.12. The summed E-state index contributed by atoms with van der Waals surface area (Å²) in [6.07, 6.45) is 3.42. The zero-order valence-electron chi connectivity index (χ0n) is 15.1. The molecule has 1 fully saturated rings. The maximum absolute atomic E-state index is 12.0. The van der Waals surface area contributed by atoms with Crippen molar-refractivity contribution in [3.8, 4) is 0 Å². The van der Waals surface area contributed by atoms with E-state index in [2.05, 4.69) is 25.5 Å². The second-order valence-corrected chi connectivity index (χ2v) is 6.23. The highest BCUT2D eigenvalue weighted by Crippen LogP contribution is 2.15. The van der Waals surface area contributed by atoms with Crippen LogP contribution in [0.4, 0.5) is 22.1 Å². The Morgan fingerprint density at radius 2 is 1.96 bits per heavy atom. The van der Waals surface area contributed by atoms with Crippen molar-refractivity contribution in [1.29, 1.82) is 0 Å². The lowest BCUT2D eigenvalue weighted by Gasteiger charge is -2.27. The van der Waals surface area contributed by atoms with Gasteiger partial charge in [-0.05, 0) is 23.8 Å². The first-order valence-electron chi connectivity index (χ1n) is 8.58. The predicted molar refractivity (Wildman–Crippen MR) is 102 cm³/mol. The summed E-state index contributed by atoms with van der Waals surface area (Å²) in [5.74, 6) is 1.77. The SMILES string of the molecule is CN(C)c1ccc(CNC(=O)Nc2ccc(N3CCOCC3)nc2)cn1. The van der Waals surface area contributed by atoms with E-state index in [1.807, 2.05) is 43.3 Å². The normalized spacial score (nSPS) is 14.0. The van der Waals surface area contributed by atoms with Crippen molar-refractivity contribution in [3.05, 3.63) is 42.2 Å². The molecule has 3 rings (SSSR count). The molecule has 0 bridgehead atoms. The maximum atomic E-state index is 12.0. The molecular weight excluding hydrogens is 332 g/mol. The predicted octanol–water partition coefficient (Wildman–Crippen LogP) is 1.70. The number of nitrogens with zero attached hydrogens (tertiary/aromatic N) is 4. The molecule has 2 N–H and O–H groups in total. The molecule has 2 aromatic rings. The van der Waals surface area contributed by atoms with Crippen molar-refractivity contribution >= 4 is 23.4 Å². The van der Waals surface area contributed by atoms with Gasteiger partial charge >= 0.3 is 6.03 Å². The van der Waals surface area contributed by atoms with E-state index in [1.165, 1.54) is 0 Å². The number of anilines is 3. The van der Waals surface area contributed by atoms with Crippen LogP contribution in [0.15, 0.2) is 36.7 Å². The number of carbonyl (C=O) groups is 1. The van der Waals surface area contributed by atoms with Gasteiger partial charge in [-0.2, -0.15) is 0 Å². The first-order chi connectivity index (χ1) is 12.6. The van der Waals surface area contributed by atoms with Crippen LogP contribution in [0.25, 0.3) is 0 Å². The molecule has 26 heavy (non-hydrogen) atoms. The Kier molecular flexibility index (Phi) is 5.85. The smallest absolute Gasteiger partial charge is 0.319 e. The van der Waals surface area contributed by atoms with E-state index in [-0.39, 0.29) is 6.03 Å². The molecule has 0 aliphatic carbocycles. The molecule has 0 atom stereocenters. The van der Waals surface area contributed by atoms with Gasteiger partial charge in [0.15, 0.2) is 0 Å². The van der Waals surface area contributed by atoms with E-state index in [0.29, 0.717) is 25.4 Å². The highest BCUT2D eigenvalue weighted by molar-refractivity contribution is 5.89. The molecule has 0 unspecified atom stereocenters. The summed E-state index contributed by atoms with van der Waals surface area (Å²) in [6.45, 7) is 3.51. The largest absolute Gasteiger partial charge is 0.378 e. The van der Waals surface area contributed by atoms with Gasteiger partial charge in [0.05, 0.1) is 25.1 Å². The van der Waals surface area contributed by atoms with Gasteiger partial charge in [-0.3, -0.25) is 0 Å². The quantitative estimate of drug-likeness (QED) is 0.849. The van der Waals surface area contributed by atoms with Crippen LogP contribution < -0.4 is 20.4 Å². The van der Waals surface area contributed by atoms with E-state index in [4.69, 9.17) is 4.74 Å². The third-order valence-electron chi connectivity index (χ3n) is 4.06. The lowest BCUT2D eigenvalue weighted by atomic mass is 10.3. The van der Waals surface area contributed by atoms with E-state index in [0.717, 1.165) is 30.3 Å². The third-order valence-corrected chi connectivity index (χ3v) is 4.06. The number of hydrogen-bond acceptors (Lipinski definition) is 6. The molecule has 1 saturated heterocycles. The average Bonchev–Trinajstić information content (AvgIpc) is 2.68. The Labute approximate surface area is 153 Å². The second-order valence-electron chi connectivity index (χ2n) is 6.23. The van der Waals surface area contributed by atoms with E-state index >= 15 is 0 Å². The zero-order chi connectivity index (χ0) is 18.4. The fourth-order valence-corrected chi connectivity index (χ4v) is 2.58. The van der Waals surface area contributed by atoms with Crippen molar-refractivity contribution in [2.75, 3.05) is 55.5 Å². The van der Waals surface area contributed by atoms with Crippen LogP contribution >= 0.6 is 0 Å². The van der Waals surface area contributed by atoms with Crippen molar-refractivity contribution in [2.45, 2.75) is 6.54 Å². The molecule has 3 heterocycles. The van der Waals surface area contributed by atoms with Gasteiger partial charge in [-0.15, -0.1) is 0 Å². The summed E-state index contributed by atoms with van der Waals surface area (Å²) in [7, 11) is 3.87. The number of hydrogen-bond donors (Lipinski definition) is 2. The average molecular weight is 356 g/mol. The molecule has 2 amide bonds. The Bertz CT molecular complexity index is 711. The van der Waals surface area contributed by atoms with E-state index in [1.54, 1.807) is 12.4 Å². The fourth-order valence-electron chi connectivity index (χ4n) is 2.58. The molecule has 0 spiro atoms. The Morgan fingerprint density at radius 1 is 1.15 bits per heavy atom. The molecule has 0 aromatic carbocycles. The van der Waals surface area contributed by atoms with E-state index < -0.39 is 0 Å². The summed E-state index contributed by atoms with van der Waals surface area (Å²) in [5, 5.41) is 5.60. The van der Waals surface area contributed by atoms with Crippen LogP contribution in [0.2, 0.25) is 0 Å². The van der Waals surface area contributed by atoms with Gasteiger partial charge in [0.1, 0.15) is 11.6 Å². The molecule has 2 aromatic heterocycles. The third kappa shape index (κ3) is 4.82. The minimum atomic E-state index is -0.275. The summed E-state index contributed by atoms with van der Waals surface area (Å²) in [5.41, 5.74) is 1.59. The molecule has 138 valence electrons. The van der Waals surface area contributed by atoms with E-state index in [9.17, 15) is 4.79 Å². The van der Waals surface area contributed by atoms with Crippen LogP contribution in [-0.4, -0.2) is 56.4 Å². The lowest BCUT2D eigenvalue weighted by Crippen LogP contribution is -2.36. The number of pyridine rings is 2. The summed E-state index contributed by atoms with van der Waals surface area (Å²) in [4.78, 5) is 24.9. The summed E-state index contributed by atoms with van der Waals surface area (Å²) < 4.78 is 5.34. The fraction of sp³-hybridized carbons (Fsp3) is 0.389. The Morgan fingerprint density at radius 3 is 2.58 bits per heavy atom. The van der Waals surface area contributed by atoms with Gasteiger partial charge in [-0.25, -0.2) is 14.8 Å². The molecule has 8 heteroatoms. The van der Waals surface area contributed by atoms with Crippen molar-refractivity contribution < 1.29 is 9.53 Å². The maximum Gasteiger partial charge on any atom is 0.319 e. The first kappa shape index (κ1) is 17.9. The lowest BCUT2D eigenvalue weighted by molar-refractivity contribution is 0.122. The monoisotopic (exact) mass is 356 g/mol. The highest BCUT2D eigenvalue weighted by atomic mass is 16.5. The van der Waals surface area contributed by atoms with Crippen molar-refractivity contribution in [1.82, 2.24) is 15.3 Å². The number of urea groups is 1. The number of aromatic nitrogens is 2. The van der Waals surface area contributed by atoms with Crippen LogP contribution in [0, 0.1) is 0 Å². The number of morpholine rings is 1. The van der Waals surface area contributed by atoms with Gasteiger partial charge in [0.2, 0.25) is 0 Å². The molecule has 0 radical (unpaired) electrons. The molecule has 1 aliphatic heterocycles. The standard InChI is InChI=1S/C18H24N6O2/c1-23(2)16-5-3-14(11-19-16)12-21-18(25)22-15-4-6-17(20-13-15)24-7-9-26-10-8-24/h3-6,11,13H,7-10,12H2,1-2H3,(H2,21,22,25). The van der Waals surface area contributed by atoms with Crippen molar-refractivity contribution in [2.24, 2.45) is 0 Å². The minimum absolute atomic E-state index is 0.275. The van der Waals surface area contributed by atoms with Gasteiger partial charge in [-0.1, -0.05) is 6.07 Å². The minimum Gasteiger partial charge on any atom is -0.378 e.